The fourth-order valence-electron chi connectivity index (χ4n) is 2.86. The number of nitrogens with one attached hydrogen (secondary N) is 1. The molecule has 0 bridgehead atoms. The molecule has 0 radical (unpaired) electrons. The van der Waals surface area contributed by atoms with Crippen LogP contribution < -0.4 is 5.32 Å². The maximum absolute atomic E-state index is 12.5. The van der Waals surface area contributed by atoms with Crippen LogP contribution in [0.2, 0.25) is 0 Å². The Morgan fingerprint density at radius 1 is 1.22 bits per heavy atom. The molecule has 2 amide bonds. The number of Topliss-reactive ketones (excluding diaryl/α,β-unsaturated/α-hetero) is 1. The summed E-state index contributed by atoms with van der Waals surface area (Å²) in [6.45, 7) is 3.04. The smallest absolute Gasteiger partial charge is 0.413 e. The Labute approximate surface area is 161 Å². The van der Waals surface area contributed by atoms with Crippen LogP contribution in [0.25, 0.3) is 0 Å². The summed E-state index contributed by atoms with van der Waals surface area (Å²) in [5.74, 6) is -0.0707. The fourth-order valence-corrected chi connectivity index (χ4v) is 3.87. The van der Waals surface area contributed by atoms with Crippen molar-refractivity contribution in [3.05, 3.63) is 46.5 Å². The Kier molecular flexibility index (Phi) is 6.18. The van der Waals surface area contributed by atoms with E-state index in [4.69, 9.17) is 4.74 Å². The molecule has 0 fully saturated rings. The zero-order chi connectivity index (χ0) is 19.2. The molecule has 0 saturated heterocycles. The first-order valence-corrected chi connectivity index (χ1v) is 9.67. The number of amides is 2. The minimum atomic E-state index is -0.532. The van der Waals surface area contributed by atoms with Crippen LogP contribution in [0.3, 0.4) is 0 Å². The van der Waals surface area contributed by atoms with Crippen LogP contribution in [0.15, 0.2) is 30.3 Å². The van der Waals surface area contributed by atoms with Gasteiger partial charge in [-0.3, -0.25) is 14.9 Å². The van der Waals surface area contributed by atoms with Gasteiger partial charge in [-0.1, -0.05) is 41.7 Å². The van der Waals surface area contributed by atoms with E-state index in [2.05, 4.69) is 10.3 Å². The van der Waals surface area contributed by atoms with Crippen LogP contribution >= 0.6 is 11.3 Å². The average molecular weight is 387 g/mol. The molecule has 1 aromatic carbocycles. The highest BCUT2D eigenvalue weighted by atomic mass is 32.1. The first-order chi connectivity index (χ1) is 13.1. The SMILES string of the molecule is CCOC(=O)Nc1nc2c(s1)CN(C(=O)CCC(=O)c1ccccc1)CC2. The van der Waals surface area contributed by atoms with E-state index in [1.54, 1.807) is 24.0 Å². The van der Waals surface area contributed by atoms with Crippen molar-refractivity contribution in [3.63, 3.8) is 0 Å². The second kappa shape index (κ2) is 8.77. The number of fused-ring (bicyclic) bond motifs is 1. The molecule has 0 atom stereocenters. The van der Waals surface area contributed by atoms with Crippen molar-refractivity contribution in [2.75, 3.05) is 18.5 Å². The number of hydrogen-bond acceptors (Lipinski definition) is 6. The summed E-state index contributed by atoms with van der Waals surface area (Å²) in [6, 6.07) is 9.00. The lowest BCUT2D eigenvalue weighted by Crippen LogP contribution is -2.35. The fraction of sp³-hybridized carbons (Fsp3) is 0.368. The van der Waals surface area contributed by atoms with E-state index in [0.717, 1.165) is 10.6 Å². The number of ether oxygens (including phenoxy) is 1. The van der Waals surface area contributed by atoms with Gasteiger partial charge in [0, 0.05) is 36.2 Å². The number of anilines is 1. The number of nitrogens with zero attached hydrogens (tertiary/aromatic N) is 2. The van der Waals surface area contributed by atoms with Crippen LogP contribution in [0.4, 0.5) is 9.93 Å². The zero-order valence-electron chi connectivity index (χ0n) is 15.1. The molecule has 27 heavy (non-hydrogen) atoms. The highest BCUT2D eigenvalue weighted by Crippen LogP contribution is 2.28. The third-order valence-electron chi connectivity index (χ3n) is 4.23. The minimum absolute atomic E-state index is 0.0274. The monoisotopic (exact) mass is 387 g/mol. The van der Waals surface area contributed by atoms with Crippen molar-refractivity contribution in [1.29, 1.82) is 0 Å². The standard InChI is InChI=1S/C19H21N3O4S/c1-2-26-19(25)21-18-20-14-10-11-22(12-16(14)27-18)17(24)9-8-15(23)13-6-4-3-5-7-13/h3-7H,2,8-12H2,1H3,(H,20,21,25). The van der Waals surface area contributed by atoms with Crippen LogP contribution in [-0.4, -0.2) is 40.8 Å². The summed E-state index contributed by atoms with van der Waals surface area (Å²) in [7, 11) is 0. The zero-order valence-corrected chi connectivity index (χ0v) is 15.9. The lowest BCUT2D eigenvalue weighted by molar-refractivity contribution is -0.132. The van der Waals surface area contributed by atoms with Crippen molar-refractivity contribution in [3.8, 4) is 0 Å². The van der Waals surface area contributed by atoms with Gasteiger partial charge in [-0.05, 0) is 6.92 Å². The molecule has 1 aliphatic heterocycles. The second-order valence-corrected chi connectivity index (χ2v) is 7.17. The van der Waals surface area contributed by atoms with Crippen molar-refractivity contribution in [2.24, 2.45) is 0 Å². The summed E-state index contributed by atoms with van der Waals surface area (Å²) in [4.78, 5) is 43.2. The Bertz CT molecular complexity index is 835. The molecular weight excluding hydrogens is 366 g/mol. The van der Waals surface area contributed by atoms with E-state index in [-0.39, 0.29) is 24.5 Å². The third-order valence-corrected chi connectivity index (χ3v) is 5.23. The van der Waals surface area contributed by atoms with Gasteiger partial charge in [0.05, 0.1) is 18.8 Å². The lowest BCUT2D eigenvalue weighted by atomic mass is 10.1. The first kappa shape index (κ1) is 19.0. The van der Waals surface area contributed by atoms with Gasteiger partial charge in [-0.2, -0.15) is 0 Å². The minimum Gasteiger partial charge on any atom is -0.450 e. The van der Waals surface area contributed by atoms with Crippen molar-refractivity contribution >= 4 is 34.3 Å². The van der Waals surface area contributed by atoms with E-state index >= 15 is 0 Å². The molecule has 0 spiro atoms. The number of carbonyl (C=O) groups is 3. The Hall–Kier alpha value is -2.74. The van der Waals surface area contributed by atoms with Crippen molar-refractivity contribution in [1.82, 2.24) is 9.88 Å². The highest BCUT2D eigenvalue weighted by Gasteiger charge is 2.25. The van der Waals surface area contributed by atoms with E-state index < -0.39 is 6.09 Å². The van der Waals surface area contributed by atoms with Crippen LogP contribution in [0, 0.1) is 0 Å². The van der Waals surface area contributed by atoms with Gasteiger partial charge in [0.15, 0.2) is 10.9 Å². The molecule has 142 valence electrons. The molecule has 2 aromatic rings. The maximum Gasteiger partial charge on any atom is 0.413 e. The molecule has 7 nitrogen and oxygen atoms in total. The molecule has 2 heterocycles. The molecule has 1 aromatic heterocycles. The predicted molar refractivity (Wildman–Crippen MR) is 102 cm³/mol. The number of thiazole rings is 1. The van der Waals surface area contributed by atoms with E-state index in [1.165, 1.54) is 11.3 Å². The van der Waals surface area contributed by atoms with Gasteiger partial charge < -0.3 is 9.64 Å². The number of ketones is 1. The van der Waals surface area contributed by atoms with E-state index in [1.807, 2.05) is 18.2 Å². The molecule has 1 N–H and O–H groups in total. The van der Waals surface area contributed by atoms with Gasteiger partial charge in [0.1, 0.15) is 0 Å². The third kappa shape index (κ3) is 4.91. The Balaban J connectivity index is 1.54. The number of aromatic nitrogens is 1. The van der Waals surface area contributed by atoms with Crippen LogP contribution in [-0.2, 0) is 22.5 Å². The summed E-state index contributed by atoms with van der Waals surface area (Å²) in [6.07, 6.45) is 0.491. The molecule has 0 unspecified atom stereocenters. The lowest BCUT2D eigenvalue weighted by Gasteiger charge is -2.26. The molecule has 0 saturated carbocycles. The Morgan fingerprint density at radius 2 is 2.00 bits per heavy atom. The first-order valence-electron chi connectivity index (χ1n) is 8.85. The summed E-state index contributed by atoms with van der Waals surface area (Å²) in [5, 5.41) is 3.08. The molecule has 8 heteroatoms. The number of carbonyl (C=O) groups excluding carboxylic acids is 3. The molecular formula is C19H21N3O4S. The number of benzene rings is 1. The maximum atomic E-state index is 12.5. The van der Waals surface area contributed by atoms with Crippen LogP contribution in [0.5, 0.6) is 0 Å². The van der Waals surface area contributed by atoms with Gasteiger partial charge in [0.25, 0.3) is 0 Å². The van der Waals surface area contributed by atoms with Crippen molar-refractivity contribution in [2.45, 2.75) is 32.7 Å². The topological polar surface area (TPSA) is 88.6 Å². The summed E-state index contributed by atoms with van der Waals surface area (Å²) < 4.78 is 4.85. The van der Waals surface area contributed by atoms with Gasteiger partial charge in [0.2, 0.25) is 5.91 Å². The van der Waals surface area contributed by atoms with E-state index in [9.17, 15) is 14.4 Å². The normalized spacial score (nSPS) is 13.0. The highest BCUT2D eigenvalue weighted by molar-refractivity contribution is 7.15. The number of hydrogen-bond donors (Lipinski definition) is 1. The average Bonchev–Trinajstić information content (AvgIpc) is 3.07. The predicted octanol–water partition coefficient (Wildman–Crippen LogP) is 3.26. The molecule has 0 aliphatic carbocycles. The van der Waals surface area contributed by atoms with Gasteiger partial charge in [-0.25, -0.2) is 9.78 Å². The van der Waals surface area contributed by atoms with Gasteiger partial charge in [-0.15, -0.1) is 0 Å². The number of rotatable bonds is 6. The summed E-state index contributed by atoms with van der Waals surface area (Å²) >= 11 is 1.35. The quantitative estimate of drug-likeness (QED) is 0.769. The summed E-state index contributed by atoms with van der Waals surface area (Å²) in [5.41, 5.74) is 1.53. The van der Waals surface area contributed by atoms with Gasteiger partial charge >= 0.3 is 6.09 Å². The van der Waals surface area contributed by atoms with Crippen molar-refractivity contribution < 1.29 is 19.1 Å². The second-order valence-electron chi connectivity index (χ2n) is 6.09. The Morgan fingerprint density at radius 3 is 2.74 bits per heavy atom. The largest absolute Gasteiger partial charge is 0.450 e. The molecule has 3 rings (SSSR count). The van der Waals surface area contributed by atoms with E-state index in [0.29, 0.717) is 36.8 Å². The van der Waals surface area contributed by atoms with Crippen LogP contribution in [0.1, 0.15) is 40.7 Å². The molecule has 1 aliphatic rings.